The summed E-state index contributed by atoms with van der Waals surface area (Å²) in [5.41, 5.74) is 2.57. The predicted molar refractivity (Wildman–Crippen MR) is 90.7 cm³/mol. The molecule has 0 aliphatic carbocycles. The molecule has 3 nitrogen and oxygen atoms in total. The van der Waals surface area contributed by atoms with Gasteiger partial charge in [0.15, 0.2) is 0 Å². The Morgan fingerprint density at radius 2 is 1.48 bits per heavy atom. The van der Waals surface area contributed by atoms with Crippen LogP contribution in [0.25, 0.3) is 0 Å². The largest absolute Gasteiger partial charge is 0.359 e. The predicted octanol–water partition coefficient (Wildman–Crippen LogP) is 2.82. The molecule has 0 unspecified atom stereocenters. The zero-order valence-corrected chi connectivity index (χ0v) is 14.2. The summed E-state index contributed by atoms with van der Waals surface area (Å²) < 4.78 is 0. The second kappa shape index (κ2) is 6.14. The molecule has 1 aliphatic rings. The average Bonchev–Trinajstić information content (AvgIpc) is 2.46. The van der Waals surface area contributed by atoms with Crippen LogP contribution in [0.4, 0.5) is 0 Å². The van der Waals surface area contributed by atoms with Crippen LogP contribution in [0, 0.1) is 0 Å². The smallest absolute Gasteiger partial charge is 0.219 e. The Morgan fingerprint density at radius 3 is 1.90 bits per heavy atom. The number of thiocarbonyl (C=S) groups is 1. The van der Waals surface area contributed by atoms with Crippen molar-refractivity contribution in [2.45, 2.75) is 33.1 Å². The van der Waals surface area contributed by atoms with Crippen molar-refractivity contribution in [2.75, 3.05) is 26.2 Å². The van der Waals surface area contributed by atoms with Crippen LogP contribution in [0.3, 0.4) is 0 Å². The number of carbonyl (C=O) groups excluding carboxylic acids is 1. The first-order chi connectivity index (χ1) is 9.79. The number of rotatable bonds is 1. The first-order valence-electron chi connectivity index (χ1n) is 7.44. The van der Waals surface area contributed by atoms with E-state index < -0.39 is 0 Å². The van der Waals surface area contributed by atoms with Crippen molar-refractivity contribution in [2.24, 2.45) is 0 Å². The summed E-state index contributed by atoms with van der Waals surface area (Å²) in [7, 11) is 0. The number of carbonyl (C=O) groups is 1. The molecule has 0 aromatic heterocycles. The van der Waals surface area contributed by atoms with E-state index in [1.165, 1.54) is 5.56 Å². The summed E-state index contributed by atoms with van der Waals surface area (Å²) in [6.07, 6.45) is 0. The van der Waals surface area contributed by atoms with Crippen molar-refractivity contribution in [3.63, 3.8) is 0 Å². The molecule has 2 rings (SSSR count). The van der Waals surface area contributed by atoms with Gasteiger partial charge in [0, 0.05) is 38.7 Å². The van der Waals surface area contributed by atoms with Crippen LogP contribution in [0.15, 0.2) is 24.3 Å². The van der Waals surface area contributed by atoms with E-state index in [0.717, 1.165) is 36.7 Å². The van der Waals surface area contributed by atoms with E-state index in [1.807, 2.05) is 4.90 Å². The maximum absolute atomic E-state index is 11.4. The summed E-state index contributed by atoms with van der Waals surface area (Å²) in [4.78, 5) is 16.3. The van der Waals surface area contributed by atoms with Gasteiger partial charge in [-0.2, -0.15) is 0 Å². The number of benzene rings is 1. The molecule has 21 heavy (non-hydrogen) atoms. The third-order valence-electron chi connectivity index (χ3n) is 4.01. The normalized spacial score (nSPS) is 16.0. The van der Waals surface area contributed by atoms with Gasteiger partial charge in [0.05, 0.1) is 0 Å². The molecule has 1 aromatic rings. The number of hydrogen-bond donors (Lipinski definition) is 0. The maximum atomic E-state index is 11.4. The number of hydrogen-bond acceptors (Lipinski definition) is 2. The van der Waals surface area contributed by atoms with E-state index >= 15 is 0 Å². The molecule has 0 atom stereocenters. The lowest BCUT2D eigenvalue weighted by molar-refractivity contribution is -0.130. The summed E-state index contributed by atoms with van der Waals surface area (Å²) in [6, 6.07) is 8.54. The summed E-state index contributed by atoms with van der Waals surface area (Å²) in [5, 5.41) is 0. The van der Waals surface area contributed by atoms with Gasteiger partial charge in [0.25, 0.3) is 0 Å². The molecule has 0 N–H and O–H groups in total. The Balaban J connectivity index is 2.03. The van der Waals surface area contributed by atoms with Crippen molar-refractivity contribution in [3.8, 4) is 0 Å². The molecule has 4 heteroatoms. The lowest BCUT2D eigenvalue weighted by Gasteiger charge is -2.35. The molecule has 0 bridgehead atoms. The highest BCUT2D eigenvalue weighted by Gasteiger charge is 2.21. The molecular formula is C17H24N2OS. The zero-order chi connectivity index (χ0) is 15.6. The highest BCUT2D eigenvalue weighted by molar-refractivity contribution is 7.80. The first kappa shape index (κ1) is 16.0. The highest BCUT2D eigenvalue weighted by atomic mass is 32.1. The Hall–Kier alpha value is -1.42. The van der Waals surface area contributed by atoms with E-state index in [2.05, 4.69) is 49.9 Å². The molecule has 1 aliphatic heterocycles. The van der Waals surface area contributed by atoms with Gasteiger partial charge in [-0.1, -0.05) is 57.3 Å². The van der Waals surface area contributed by atoms with Gasteiger partial charge in [-0.25, -0.2) is 0 Å². The molecule has 1 heterocycles. The lowest BCUT2D eigenvalue weighted by atomic mass is 9.87. The topological polar surface area (TPSA) is 23.6 Å². The summed E-state index contributed by atoms with van der Waals surface area (Å²) >= 11 is 5.60. The molecule has 0 spiro atoms. The third-order valence-corrected chi connectivity index (χ3v) is 4.50. The van der Waals surface area contributed by atoms with Crippen LogP contribution in [0.1, 0.15) is 38.8 Å². The SMILES string of the molecule is CC(=O)N1CCN(C(=S)c2ccc(C(C)(C)C)cc2)CC1. The van der Waals surface area contributed by atoms with Crippen LogP contribution in [0.2, 0.25) is 0 Å². The minimum atomic E-state index is 0.148. The highest BCUT2D eigenvalue weighted by Crippen LogP contribution is 2.22. The molecule has 1 aromatic carbocycles. The van der Waals surface area contributed by atoms with Gasteiger partial charge in [0.1, 0.15) is 4.99 Å². The van der Waals surface area contributed by atoms with Crippen LogP contribution in [0.5, 0.6) is 0 Å². The molecule has 1 amide bonds. The van der Waals surface area contributed by atoms with E-state index in [0.29, 0.717) is 0 Å². The van der Waals surface area contributed by atoms with Crippen molar-refractivity contribution in [1.29, 1.82) is 0 Å². The molecule has 0 radical (unpaired) electrons. The number of amides is 1. The van der Waals surface area contributed by atoms with Gasteiger partial charge in [0.2, 0.25) is 5.91 Å². The quantitative estimate of drug-likeness (QED) is 0.745. The van der Waals surface area contributed by atoms with Gasteiger partial charge < -0.3 is 9.80 Å². The van der Waals surface area contributed by atoms with E-state index in [-0.39, 0.29) is 11.3 Å². The standard InChI is InChI=1S/C17H24N2OS/c1-13(20)18-9-11-19(12-10-18)16(21)14-5-7-15(8-6-14)17(2,3)4/h5-8H,9-12H2,1-4H3. The zero-order valence-electron chi connectivity index (χ0n) is 13.3. The van der Waals surface area contributed by atoms with Crippen molar-refractivity contribution < 1.29 is 4.79 Å². The van der Waals surface area contributed by atoms with Gasteiger partial charge in [-0.3, -0.25) is 4.79 Å². The fraction of sp³-hybridized carbons (Fsp3) is 0.529. The number of piperazine rings is 1. The fourth-order valence-corrected chi connectivity index (χ4v) is 2.84. The Labute approximate surface area is 132 Å². The van der Waals surface area contributed by atoms with Gasteiger partial charge >= 0.3 is 0 Å². The second-order valence-electron chi connectivity index (χ2n) is 6.63. The van der Waals surface area contributed by atoms with E-state index in [9.17, 15) is 4.79 Å². The van der Waals surface area contributed by atoms with Crippen LogP contribution in [-0.4, -0.2) is 46.9 Å². The van der Waals surface area contributed by atoms with Crippen molar-refractivity contribution in [3.05, 3.63) is 35.4 Å². The molecule has 0 saturated carbocycles. The van der Waals surface area contributed by atoms with Crippen LogP contribution in [-0.2, 0) is 10.2 Å². The summed E-state index contributed by atoms with van der Waals surface area (Å²) in [6.45, 7) is 11.4. The Bertz CT molecular complexity index is 523. The molecule has 114 valence electrons. The minimum absolute atomic E-state index is 0.148. The van der Waals surface area contributed by atoms with Crippen molar-refractivity contribution >= 4 is 23.1 Å². The lowest BCUT2D eigenvalue weighted by Crippen LogP contribution is -2.49. The second-order valence-corrected chi connectivity index (χ2v) is 7.01. The molecular weight excluding hydrogens is 280 g/mol. The monoisotopic (exact) mass is 304 g/mol. The fourth-order valence-electron chi connectivity index (χ4n) is 2.52. The summed E-state index contributed by atoms with van der Waals surface area (Å²) in [5.74, 6) is 0.148. The Kier molecular flexibility index (Phi) is 4.67. The maximum Gasteiger partial charge on any atom is 0.219 e. The first-order valence-corrected chi connectivity index (χ1v) is 7.85. The molecule has 1 saturated heterocycles. The van der Waals surface area contributed by atoms with Gasteiger partial charge in [-0.15, -0.1) is 0 Å². The Morgan fingerprint density at radius 1 is 1.00 bits per heavy atom. The van der Waals surface area contributed by atoms with Crippen LogP contribution < -0.4 is 0 Å². The van der Waals surface area contributed by atoms with E-state index in [4.69, 9.17) is 12.2 Å². The average molecular weight is 304 g/mol. The van der Waals surface area contributed by atoms with Crippen molar-refractivity contribution in [1.82, 2.24) is 9.80 Å². The third kappa shape index (κ3) is 3.82. The van der Waals surface area contributed by atoms with Crippen LogP contribution >= 0.6 is 12.2 Å². The molecule has 1 fully saturated rings. The number of nitrogens with zero attached hydrogens (tertiary/aromatic N) is 2. The van der Waals surface area contributed by atoms with Gasteiger partial charge in [-0.05, 0) is 11.0 Å². The minimum Gasteiger partial charge on any atom is -0.359 e. The van der Waals surface area contributed by atoms with E-state index in [1.54, 1.807) is 6.92 Å².